The number of carbonyl (C=O) groups excluding carboxylic acids is 1. The van der Waals surface area contributed by atoms with Crippen molar-refractivity contribution in [2.24, 2.45) is 0 Å². The average molecular weight is 299 g/mol. The minimum atomic E-state index is 0.285. The van der Waals surface area contributed by atoms with E-state index in [9.17, 15) is 4.79 Å². The topological polar surface area (TPSA) is 32.3 Å². The first kappa shape index (κ1) is 14.7. The highest BCUT2D eigenvalue weighted by molar-refractivity contribution is 7.99. The predicted molar refractivity (Wildman–Crippen MR) is 80.9 cm³/mol. The van der Waals surface area contributed by atoms with E-state index >= 15 is 0 Å². The van der Waals surface area contributed by atoms with Gasteiger partial charge in [-0.2, -0.15) is 0 Å². The molecule has 0 aromatic heterocycles. The van der Waals surface area contributed by atoms with E-state index in [1.165, 1.54) is 4.90 Å². The Kier molecular flexibility index (Phi) is 6.01. The number of carbonyl (C=O) groups is 1. The van der Waals surface area contributed by atoms with Gasteiger partial charge in [0.05, 0.1) is 0 Å². The third kappa shape index (κ3) is 5.05. The Morgan fingerprint density at radius 2 is 2.16 bits per heavy atom. The van der Waals surface area contributed by atoms with Crippen LogP contribution >= 0.6 is 23.4 Å². The Balaban J connectivity index is 1.65. The summed E-state index contributed by atoms with van der Waals surface area (Å²) in [5.41, 5.74) is 0. The first-order valence-electron chi connectivity index (χ1n) is 6.62. The fraction of sp³-hybridized carbons (Fsp3) is 0.500. The second kappa shape index (κ2) is 7.78. The maximum Gasteiger partial charge on any atom is 0.222 e. The van der Waals surface area contributed by atoms with Crippen molar-refractivity contribution in [1.82, 2.24) is 10.2 Å². The molecule has 1 aromatic carbocycles. The van der Waals surface area contributed by atoms with Crippen molar-refractivity contribution < 1.29 is 4.79 Å². The van der Waals surface area contributed by atoms with Crippen LogP contribution in [0.15, 0.2) is 29.2 Å². The van der Waals surface area contributed by atoms with Crippen molar-refractivity contribution >= 4 is 29.3 Å². The third-order valence-corrected chi connectivity index (χ3v) is 4.38. The molecule has 0 atom stereocenters. The lowest BCUT2D eigenvalue weighted by atomic mass is 10.2. The van der Waals surface area contributed by atoms with Crippen molar-refractivity contribution in [3.05, 3.63) is 29.3 Å². The van der Waals surface area contributed by atoms with Crippen LogP contribution in [0.4, 0.5) is 0 Å². The summed E-state index contributed by atoms with van der Waals surface area (Å²) in [5, 5.41) is 4.02. The quantitative estimate of drug-likeness (QED) is 0.670. The van der Waals surface area contributed by atoms with Gasteiger partial charge in [0.2, 0.25) is 5.91 Å². The molecule has 1 heterocycles. The summed E-state index contributed by atoms with van der Waals surface area (Å²) in [4.78, 5) is 15.1. The van der Waals surface area contributed by atoms with Gasteiger partial charge in [0, 0.05) is 42.5 Å². The molecule has 5 heteroatoms. The Bertz CT molecular complexity index is 422. The molecule has 1 aliphatic heterocycles. The van der Waals surface area contributed by atoms with Crippen LogP contribution in [0.25, 0.3) is 0 Å². The predicted octanol–water partition coefficient (Wildman–Crippen LogP) is 2.64. The summed E-state index contributed by atoms with van der Waals surface area (Å²) >= 11 is 7.69. The van der Waals surface area contributed by atoms with Gasteiger partial charge >= 0.3 is 0 Å². The van der Waals surface area contributed by atoms with Crippen LogP contribution in [-0.4, -0.2) is 42.7 Å². The van der Waals surface area contributed by atoms with Crippen LogP contribution in [0.1, 0.15) is 12.8 Å². The second-order valence-corrected chi connectivity index (χ2v) is 6.14. The van der Waals surface area contributed by atoms with Gasteiger partial charge in [-0.15, -0.1) is 11.8 Å². The third-order valence-electron chi connectivity index (χ3n) is 3.07. The number of nitrogens with zero attached hydrogens (tertiary/aromatic N) is 1. The molecule has 0 bridgehead atoms. The SMILES string of the molecule is O=C(CCCSc1cccc(Cl)c1)N1CCNCC1. The van der Waals surface area contributed by atoms with E-state index in [0.29, 0.717) is 6.42 Å². The molecule has 104 valence electrons. The Morgan fingerprint density at radius 1 is 1.37 bits per heavy atom. The minimum absolute atomic E-state index is 0.285. The molecule has 0 radical (unpaired) electrons. The molecule has 1 saturated heterocycles. The molecule has 1 amide bonds. The highest BCUT2D eigenvalue weighted by Gasteiger charge is 2.15. The molecular weight excluding hydrogens is 280 g/mol. The fourth-order valence-corrected chi connectivity index (χ4v) is 3.21. The number of hydrogen-bond donors (Lipinski definition) is 1. The highest BCUT2D eigenvalue weighted by atomic mass is 35.5. The van der Waals surface area contributed by atoms with Crippen molar-refractivity contribution in [2.75, 3.05) is 31.9 Å². The Hall–Kier alpha value is -0.710. The van der Waals surface area contributed by atoms with Crippen LogP contribution < -0.4 is 5.32 Å². The molecular formula is C14H19ClN2OS. The van der Waals surface area contributed by atoms with Gasteiger partial charge in [0.15, 0.2) is 0 Å². The van der Waals surface area contributed by atoms with Gasteiger partial charge in [0.1, 0.15) is 0 Å². The number of hydrogen-bond acceptors (Lipinski definition) is 3. The monoisotopic (exact) mass is 298 g/mol. The lowest BCUT2D eigenvalue weighted by molar-refractivity contribution is -0.131. The first-order valence-corrected chi connectivity index (χ1v) is 7.99. The smallest absolute Gasteiger partial charge is 0.222 e. The van der Waals surface area contributed by atoms with E-state index in [4.69, 9.17) is 11.6 Å². The Morgan fingerprint density at radius 3 is 2.89 bits per heavy atom. The molecule has 19 heavy (non-hydrogen) atoms. The molecule has 0 spiro atoms. The van der Waals surface area contributed by atoms with Crippen LogP contribution in [0.5, 0.6) is 0 Å². The van der Waals surface area contributed by atoms with Gasteiger partial charge < -0.3 is 10.2 Å². The van der Waals surface area contributed by atoms with Crippen molar-refractivity contribution in [2.45, 2.75) is 17.7 Å². The van der Waals surface area contributed by atoms with E-state index in [-0.39, 0.29) is 5.91 Å². The highest BCUT2D eigenvalue weighted by Crippen LogP contribution is 2.22. The summed E-state index contributed by atoms with van der Waals surface area (Å²) in [5.74, 6) is 1.24. The molecule has 1 N–H and O–H groups in total. The lowest BCUT2D eigenvalue weighted by Gasteiger charge is -2.27. The van der Waals surface area contributed by atoms with Crippen LogP contribution in [0.3, 0.4) is 0 Å². The van der Waals surface area contributed by atoms with E-state index in [0.717, 1.165) is 43.4 Å². The zero-order valence-electron chi connectivity index (χ0n) is 10.9. The van der Waals surface area contributed by atoms with E-state index in [1.807, 2.05) is 23.1 Å². The van der Waals surface area contributed by atoms with E-state index in [2.05, 4.69) is 11.4 Å². The molecule has 2 rings (SSSR count). The van der Waals surface area contributed by atoms with Gasteiger partial charge in [-0.1, -0.05) is 17.7 Å². The number of amides is 1. The van der Waals surface area contributed by atoms with Crippen molar-refractivity contribution in [1.29, 1.82) is 0 Å². The van der Waals surface area contributed by atoms with Crippen molar-refractivity contribution in [3.63, 3.8) is 0 Å². The summed E-state index contributed by atoms with van der Waals surface area (Å²) in [6.07, 6.45) is 1.56. The van der Waals surface area contributed by atoms with E-state index in [1.54, 1.807) is 11.8 Å². The zero-order valence-corrected chi connectivity index (χ0v) is 12.5. The average Bonchev–Trinajstić information content (AvgIpc) is 2.44. The molecule has 1 aliphatic rings. The summed E-state index contributed by atoms with van der Waals surface area (Å²) in [6.45, 7) is 3.53. The normalized spacial score (nSPS) is 15.5. The Labute approximate surface area is 123 Å². The molecule has 3 nitrogen and oxygen atoms in total. The number of rotatable bonds is 5. The van der Waals surface area contributed by atoms with Crippen molar-refractivity contribution in [3.8, 4) is 0 Å². The largest absolute Gasteiger partial charge is 0.340 e. The summed E-state index contributed by atoms with van der Waals surface area (Å²) < 4.78 is 0. The number of nitrogens with one attached hydrogen (secondary N) is 1. The van der Waals surface area contributed by atoms with Crippen LogP contribution in [-0.2, 0) is 4.79 Å². The minimum Gasteiger partial charge on any atom is -0.340 e. The summed E-state index contributed by atoms with van der Waals surface area (Å²) in [6, 6.07) is 7.84. The maximum atomic E-state index is 11.9. The number of halogens is 1. The van der Waals surface area contributed by atoms with E-state index < -0.39 is 0 Å². The number of piperazine rings is 1. The second-order valence-electron chi connectivity index (χ2n) is 4.54. The molecule has 0 aliphatic carbocycles. The van der Waals surface area contributed by atoms with Gasteiger partial charge in [-0.05, 0) is 30.4 Å². The number of thioether (sulfide) groups is 1. The number of benzene rings is 1. The van der Waals surface area contributed by atoms with Crippen LogP contribution in [0, 0.1) is 0 Å². The van der Waals surface area contributed by atoms with Gasteiger partial charge in [0.25, 0.3) is 0 Å². The van der Waals surface area contributed by atoms with Gasteiger partial charge in [-0.25, -0.2) is 0 Å². The molecule has 1 fully saturated rings. The molecule has 1 aromatic rings. The lowest BCUT2D eigenvalue weighted by Crippen LogP contribution is -2.46. The maximum absolute atomic E-state index is 11.9. The molecule has 0 unspecified atom stereocenters. The zero-order chi connectivity index (χ0) is 13.5. The first-order chi connectivity index (χ1) is 9.25. The van der Waals surface area contributed by atoms with Crippen LogP contribution in [0.2, 0.25) is 5.02 Å². The van der Waals surface area contributed by atoms with Gasteiger partial charge in [-0.3, -0.25) is 4.79 Å². The summed E-state index contributed by atoms with van der Waals surface area (Å²) in [7, 11) is 0. The molecule has 0 saturated carbocycles. The standard InChI is InChI=1S/C14H19ClN2OS/c15-12-3-1-4-13(11-12)19-10-2-5-14(18)17-8-6-16-7-9-17/h1,3-4,11,16H,2,5-10H2. The fourth-order valence-electron chi connectivity index (χ4n) is 2.04.